The number of carbonyl (C=O) groups excluding carboxylic acids is 1. The van der Waals surface area contributed by atoms with Crippen LogP contribution in [0.4, 0.5) is 10.6 Å². The molecule has 1 saturated carbocycles. The second-order valence-corrected chi connectivity index (χ2v) is 12.0. The van der Waals surface area contributed by atoms with Crippen molar-refractivity contribution < 1.29 is 14.3 Å². The van der Waals surface area contributed by atoms with Gasteiger partial charge in [0.1, 0.15) is 17.0 Å². The maximum absolute atomic E-state index is 13.2. The van der Waals surface area contributed by atoms with Crippen LogP contribution in [0.1, 0.15) is 65.5 Å². The number of carbonyl (C=O) groups is 1. The zero-order valence-corrected chi connectivity index (χ0v) is 24.2. The molecule has 0 bridgehead atoms. The zero-order valence-electron chi connectivity index (χ0n) is 24.2. The molecule has 4 heterocycles. The fourth-order valence-electron chi connectivity index (χ4n) is 5.24. The minimum atomic E-state index is -0.520. The molecule has 2 aliphatic rings. The molecule has 3 aromatic rings. The maximum atomic E-state index is 13.2. The van der Waals surface area contributed by atoms with Crippen molar-refractivity contribution >= 4 is 11.9 Å². The smallest absolute Gasteiger partial charge is 0.410 e. The topological polar surface area (TPSA) is 111 Å². The van der Waals surface area contributed by atoms with Gasteiger partial charge in [0.15, 0.2) is 5.82 Å². The summed E-state index contributed by atoms with van der Waals surface area (Å²) in [5.41, 5.74) is 1.80. The Morgan fingerprint density at radius 3 is 2.60 bits per heavy atom. The molecule has 0 spiro atoms. The van der Waals surface area contributed by atoms with Gasteiger partial charge in [-0.15, -0.1) is 10.2 Å². The monoisotopic (exact) mass is 548 g/mol. The van der Waals surface area contributed by atoms with E-state index in [2.05, 4.69) is 37.3 Å². The van der Waals surface area contributed by atoms with Gasteiger partial charge >= 0.3 is 6.09 Å². The van der Waals surface area contributed by atoms with Crippen molar-refractivity contribution in [2.45, 2.75) is 84.0 Å². The minimum Gasteiger partial charge on any atom is -0.495 e. The standard InChI is InChI=1S/C29H40N8O3/c1-20-9-11-24(37(16-21-7-6-8-21)28(38)40-29(2,3)4)18-36(20)27-12-10-23(31-33-27)17-35-19-26(32-34-35)22-13-25(39-5)15-30-14-22/h10,12-15,19-21,24H,6-9,11,16-18H2,1-5H3/t20-,24+/m0/s1. The summed E-state index contributed by atoms with van der Waals surface area (Å²) in [6.45, 7) is 9.91. The Labute approximate surface area is 235 Å². The van der Waals surface area contributed by atoms with Gasteiger partial charge in [0, 0.05) is 30.9 Å². The average molecular weight is 549 g/mol. The van der Waals surface area contributed by atoms with E-state index in [1.807, 2.05) is 50.1 Å². The molecule has 0 N–H and O–H groups in total. The highest BCUT2D eigenvalue weighted by Crippen LogP contribution is 2.32. The highest BCUT2D eigenvalue weighted by molar-refractivity contribution is 5.69. The molecular weight excluding hydrogens is 508 g/mol. The second kappa shape index (κ2) is 11.8. The summed E-state index contributed by atoms with van der Waals surface area (Å²) in [5.74, 6) is 2.05. The van der Waals surface area contributed by atoms with Crippen LogP contribution < -0.4 is 9.64 Å². The Bertz CT molecular complexity index is 1280. The number of amides is 1. The van der Waals surface area contributed by atoms with Crippen LogP contribution in [0.5, 0.6) is 5.75 Å². The van der Waals surface area contributed by atoms with Gasteiger partial charge in [-0.05, 0) is 77.5 Å². The van der Waals surface area contributed by atoms with Gasteiger partial charge in [-0.2, -0.15) is 5.10 Å². The molecule has 1 saturated heterocycles. The van der Waals surface area contributed by atoms with E-state index in [-0.39, 0.29) is 12.1 Å². The molecule has 0 radical (unpaired) electrons. The van der Waals surface area contributed by atoms with Crippen LogP contribution in [0, 0.1) is 5.92 Å². The molecule has 1 amide bonds. The van der Waals surface area contributed by atoms with Crippen molar-refractivity contribution in [2.75, 3.05) is 25.1 Å². The number of ether oxygens (including phenoxy) is 2. The van der Waals surface area contributed by atoms with Gasteiger partial charge in [-0.25, -0.2) is 9.48 Å². The molecule has 5 rings (SSSR count). The van der Waals surface area contributed by atoms with Crippen molar-refractivity contribution in [1.82, 2.24) is 35.1 Å². The molecule has 3 aromatic heterocycles. The normalized spacial score (nSPS) is 19.7. The number of aromatic nitrogens is 6. The van der Waals surface area contributed by atoms with E-state index in [0.29, 0.717) is 36.5 Å². The van der Waals surface area contributed by atoms with Crippen molar-refractivity contribution in [3.05, 3.63) is 42.5 Å². The number of hydrogen-bond acceptors (Lipinski definition) is 9. The second-order valence-electron chi connectivity index (χ2n) is 12.0. The van der Waals surface area contributed by atoms with Crippen molar-refractivity contribution in [3.8, 4) is 17.0 Å². The van der Waals surface area contributed by atoms with Gasteiger partial charge < -0.3 is 19.3 Å². The van der Waals surface area contributed by atoms with E-state index in [4.69, 9.17) is 9.47 Å². The number of rotatable bonds is 8. The van der Waals surface area contributed by atoms with Crippen LogP contribution >= 0.6 is 0 Å². The lowest BCUT2D eigenvalue weighted by molar-refractivity contribution is 0.00656. The lowest BCUT2D eigenvalue weighted by Crippen LogP contribution is -2.55. The summed E-state index contributed by atoms with van der Waals surface area (Å²) in [5, 5.41) is 17.6. The number of nitrogens with zero attached hydrogens (tertiary/aromatic N) is 8. The molecule has 214 valence electrons. The van der Waals surface area contributed by atoms with E-state index in [0.717, 1.165) is 36.5 Å². The summed E-state index contributed by atoms with van der Waals surface area (Å²) in [6, 6.07) is 6.24. The molecule has 1 aliphatic carbocycles. The predicted molar refractivity (Wildman–Crippen MR) is 151 cm³/mol. The Hall–Kier alpha value is -3.76. The first kappa shape index (κ1) is 27.8. The molecular formula is C29H40N8O3. The van der Waals surface area contributed by atoms with Crippen LogP contribution in [0.3, 0.4) is 0 Å². The highest BCUT2D eigenvalue weighted by atomic mass is 16.6. The molecule has 2 fully saturated rings. The quantitative estimate of drug-likeness (QED) is 0.399. The summed E-state index contributed by atoms with van der Waals surface area (Å²) >= 11 is 0. The third-order valence-corrected chi connectivity index (χ3v) is 7.71. The fraction of sp³-hybridized carbons (Fsp3) is 0.586. The molecule has 11 heteroatoms. The fourth-order valence-corrected chi connectivity index (χ4v) is 5.24. The Balaban J connectivity index is 1.26. The van der Waals surface area contributed by atoms with Crippen LogP contribution in [-0.2, 0) is 11.3 Å². The van der Waals surface area contributed by atoms with Crippen LogP contribution in [-0.4, -0.2) is 79.1 Å². The van der Waals surface area contributed by atoms with Crippen LogP contribution in [0.2, 0.25) is 0 Å². The van der Waals surface area contributed by atoms with E-state index in [1.165, 1.54) is 19.3 Å². The largest absolute Gasteiger partial charge is 0.495 e. The Morgan fingerprint density at radius 1 is 1.10 bits per heavy atom. The maximum Gasteiger partial charge on any atom is 0.410 e. The lowest BCUT2D eigenvalue weighted by atomic mass is 9.84. The highest BCUT2D eigenvalue weighted by Gasteiger charge is 2.36. The van der Waals surface area contributed by atoms with Crippen LogP contribution in [0.25, 0.3) is 11.3 Å². The van der Waals surface area contributed by atoms with Gasteiger partial charge in [-0.3, -0.25) is 4.98 Å². The van der Waals surface area contributed by atoms with Gasteiger partial charge in [-0.1, -0.05) is 11.6 Å². The molecule has 40 heavy (non-hydrogen) atoms. The molecule has 11 nitrogen and oxygen atoms in total. The summed E-state index contributed by atoms with van der Waals surface area (Å²) < 4.78 is 12.8. The number of anilines is 1. The summed E-state index contributed by atoms with van der Waals surface area (Å²) in [7, 11) is 1.61. The van der Waals surface area contributed by atoms with E-state index < -0.39 is 5.60 Å². The number of pyridine rings is 1. The van der Waals surface area contributed by atoms with Gasteiger partial charge in [0.2, 0.25) is 0 Å². The van der Waals surface area contributed by atoms with E-state index in [9.17, 15) is 4.79 Å². The Kier molecular flexibility index (Phi) is 8.18. The van der Waals surface area contributed by atoms with Gasteiger partial charge in [0.25, 0.3) is 0 Å². The summed E-state index contributed by atoms with van der Waals surface area (Å²) in [6.07, 6.45) is 10.6. The molecule has 0 aromatic carbocycles. The van der Waals surface area contributed by atoms with Gasteiger partial charge in [0.05, 0.1) is 37.8 Å². The molecule has 0 unspecified atom stereocenters. The minimum absolute atomic E-state index is 0.0767. The SMILES string of the molecule is COc1cncc(-c2cn(Cc3ccc(N4C[C@H](N(CC5CCC5)C(=O)OC(C)(C)C)CC[C@@H]4C)nn3)nn2)c1. The van der Waals surface area contributed by atoms with Crippen molar-refractivity contribution in [1.29, 1.82) is 0 Å². The number of methoxy groups -OCH3 is 1. The first-order chi connectivity index (χ1) is 19.2. The number of piperidine rings is 1. The predicted octanol–water partition coefficient (Wildman–Crippen LogP) is 4.58. The lowest BCUT2D eigenvalue weighted by Gasteiger charge is -2.44. The van der Waals surface area contributed by atoms with Crippen LogP contribution in [0.15, 0.2) is 36.8 Å². The average Bonchev–Trinajstić information content (AvgIpc) is 3.37. The van der Waals surface area contributed by atoms with Crippen molar-refractivity contribution in [3.63, 3.8) is 0 Å². The molecule has 2 atom stereocenters. The third kappa shape index (κ3) is 6.68. The first-order valence-corrected chi connectivity index (χ1v) is 14.2. The zero-order chi connectivity index (χ0) is 28.3. The van der Waals surface area contributed by atoms with E-state index >= 15 is 0 Å². The number of hydrogen-bond donors (Lipinski definition) is 0. The van der Waals surface area contributed by atoms with E-state index in [1.54, 1.807) is 24.2 Å². The first-order valence-electron chi connectivity index (χ1n) is 14.2. The Morgan fingerprint density at radius 2 is 1.93 bits per heavy atom. The van der Waals surface area contributed by atoms with Crippen molar-refractivity contribution in [2.24, 2.45) is 5.92 Å². The summed E-state index contributed by atoms with van der Waals surface area (Å²) in [4.78, 5) is 21.7. The third-order valence-electron chi connectivity index (χ3n) is 7.71. The molecule has 1 aliphatic heterocycles.